The molecule has 1 aromatic carbocycles. The second kappa shape index (κ2) is 9.57. The van der Waals surface area contributed by atoms with E-state index in [0.717, 1.165) is 5.56 Å². The van der Waals surface area contributed by atoms with Gasteiger partial charge in [-0.25, -0.2) is 9.97 Å². The van der Waals surface area contributed by atoms with Crippen LogP contribution >= 0.6 is 0 Å². The lowest BCUT2D eigenvalue weighted by Crippen LogP contribution is -2.46. The van der Waals surface area contributed by atoms with Crippen LogP contribution in [0.5, 0.6) is 11.5 Å². The van der Waals surface area contributed by atoms with Gasteiger partial charge in [-0.05, 0) is 31.9 Å². The molecule has 2 atom stereocenters. The largest absolute Gasteiger partial charge is 0.493 e. The number of hydrogen-bond acceptors (Lipinski definition) is 9. The molecule has 1 saturated heterocycles. The minimum Gasteiger partial charge on any atom is -0.493 e. The zero-order valence-electron chi connectivity index (χ0n) is 17.6. The molecule has 10 heteroatoms. The van der Waals surface area contributed by atoms with Gasteiger partial charge in [0.15, 0.2) is 11.5 Å². The van der Waals surface area contributed by atoms with E-state index in [1.807, 2.05) is 36.9 Å². The van der Waals surface area contributed by atoms with Gasteiger partial charge in [0.25, 0.3) is 0 Å². The minimum atomic E-state index is -0.436. The molecule has 0 bridgehead atoms. The number of methoxy groups -OCH3 is 2. The van der Waals surface area contributed by atoms with Crippen LogP contribution in [-0.4, -0.2) is 61.0 Å². The van der Waals surface area contributed by atoms with E-state index in [1.54, 1.807) is 14.2 Å². The normalized spacial score (nSPS) is 18.7. The maximum absolute atomic E-state index is 11.9. The van der Waals surface area contributed by atoms with Crippen LogP contribution < -0.4 is 19.7 Å². The number of anilines is 2. The van der Waals surface area contributed by atoms with Crippen molar-refractivity contribution in [3.63, 3.8) is 0 Å². The molecule has 162 valence electrons. The van der Waals surface area contributed by atoms with Crippen molar-refractivity contribution >= 4 is 17.3 Å². The van der Waals surface area contributed by atoms with Crippen molar-refractivity contribution in [3.8, 4) is 11.5 Å². The molecule has 1 aliphatic rings. The number of aromatic nitrogens is 2. The summed E-state index contributed by atoms with van der Waals surface area (Å²) < 4.78 is 16.5. The second-order valence-corrected chi connectivity index (χ2v) is 7.14. The maximum Gasteiger partial charge on any atom is 0.353 e. The molecule has 1 aliphatic heterocycles. The molecule has 10 nitrogen and oxygen atoms in total. The van der Waals surface area contributed by atoms with Crippen LogP contribution in [0.2, 0.25) is 0 Å². The molecular weight excluding hydrogens is 390 g/mol. The van der Waals surface area contributed by atoms with E-state index >= 15 is 0 Å². The number of benzene rings is 1. The number of para-hydroxylation sites is 1. The van der Waals surface area contributed by atoms with Gasteiger partial charge in [0.1, 0.15) is 6.33 Å². The molecule has 2 heterocycles. The minimum absolute atomic E-state index is 0.0414. The highest BCUT2D eigenvalue weighted by Crippen LogP contribution is 2.34. The molecule has 0 radical (unpaired) electrons. The van der Waals surface area contributed by atoms with Crippen LogP contribution in [0, 0.1) is 10.1 Å². The van der Waals surface area contributed by atoms with Crippen LogP contribution in [0.3, 0.4) is 0 Å². The number of ether oxygens (including phenoxy) is 3. The van der Waals surface area contributed by atoms with E-state index < -0.39 is 4.92 Å². The molecule has 2 unspecified atom stereocenters. The van der Waals surface area contributed by atoms with Gasteiger partial charge in [-0.15, -0.1) is 0 Å². The SMILES string of the molecule is COc1cccc(CCNc2ncnc(N3CC(C)OC(C)C3)c2[N+](=O)[O-])c1OC. The summed E-state index contributed by atoms with van der Waals surface area (Å²) in [5.41, 5.74) is 0.800. The van der Waals surface area contributed by atoms with E-state index in [-0.39, 0.29) is 23.7 Å². The Labute approximate surface area is 175 Å². The Kier molecular flexibility index (Phi) is 6.88. The van der Waals surface area contributed by atoms with Crippen molar-refractivity contribution < 1.29 is 19.1 Å². The zero-order chi connectivity index (χ0) is 21.7. The predicted octanol–water partition coefficient (Wildman–Crippen LogP) is 2.67. The third-order valence-corrected chi connectivity index (χ3v) is 4.88. The van der Waals surface area contributed by atoms with Crippen molar-refractivity contribution in [1.82, 2.24) is 9.97 Å². The fourth-order valence-corrected chi connectivity index (χ4v) is 3.72. The Balaban J connectivity index is 1.79. The monoisotopic (exact) mass is 417 g/mol. The summed E-state index contributed by atoms with van der Waals surface area (Å²) in [5, 5.41) is 14.9. The Morgan fingerprint density at radius 3 is 2.60 bits per heavy atom. The van der Waals surface area contributed by atoms with Gasteiger partial charge in [0, 0.05) is 19.6 Å². The summed E-state index contributed by atoms with van der Waals surface area (Å²) in [4.78, 5) is 21.6. The van der Waals surface area contributed by atoms with Gasteiger partial charge in [-0.1, -0.05) is 12.1 Å². The van der Waals surface area contributed by atoms with Crippen molar-refractivity contribution in [2.45, 2.75) is 32.5 Å². The van der Waals surface area contributed by atoms with Gasteiger partial charge >= 0.3 is 5.69 Å². The van der Waals surface area contributed by atoms with Crippen molar-refractivity contribution in [1.29, 1.82) is 0 Å². The van der Waals surface area contributed by atoms with Gasteiger partial charge in [0.05, 0.1) is 31.4 Å². The molecule has 30 heavy (non-hydrogen) atoms. The third kappa shape index (κ3) is 4.70. The molecule has 0 aliphatic carbocycles. The molecule has 0 amide bonds. The lowest BCUT2D eigenvalue weighted by Gasteiger charge is -2.35. The number of morpholine rings is 1. The van der Waals surface area contributed by atoms with Gasteiger partial charge in [-0.2, -0.15) is 0 Å². The van der Waals surface area contributed by atoms with E-state index in [9.17, 15) is 10.1 Å². The van der Waals surface area contributed by atoms with Crippen LogP contribution in [0.4, 0.5) is 17.3 Å². The summed E-state index contributed by atoms with van der Waals surface area (Å²) in [6.45, 7) is 5.37. The van der Waals surface area contributed by atoms with Crippen LogP contribution in [0.15, 0.2) is 24.5 Å². The van der Waals surface area contributed by atoms with E-state index in [2.05, 4.69) is 15.3 Å². The van der Waals surface area contributed by atoms with Crippen molar-refractivity contribution in [2.75, 3.05) is 44.1 Å². The summed E-state index contributed by atoms with van der Waals surface area (Å²) >= 11 is 0. The average Bonchev–Trinajstić information content (AvgIpc) is 2.72. The number of hydrogen-bond donors (Lipinski definition) is 1. The molecule has 1 N–H and O–H groups in total. The summed E-state index contributed by atoms with van der Waals surface area (Å²) in [5.74, 6) is 1.79. The third-order valence-electron chi connectivity index (χ3n) is 4.88. The number of nitrogens with zero attached hydrogens (tertiary/aromatic N) is 4. The number of rotatable bonds is 8. The Bertz CT molecular complexity index is 884. The predicted molar refractivity (Wildman–Crippen MR) is 113 cm³/mol. The highest BCUT2D eigenvalue weighted by atomic mass is 16.6. The van der Waals surface area contributed by atoms with E-state index in [1.165, 1.54) is 6.33 Å². The summed E-state index contributed by atoms with van der Waals surface area (Å²) in [7, 11) is 3.17. The van der Waals surface area contributed by atoms with E-state index in [4.69, 9.17) is 14.2 Å². The number of nitro groups is 1. The molecule has 2 aromatic rings. The summed E-state index contributed by atoms with van der Waals surface area (Å²) in [6, 6.07) is 5.63. The van der Waals surface area contributed by atoms with Crippen molar-refractivity contribution in [2.24, 2.45) is 0 Å². The standard InChI is InChI=1S/C20H27N5O5/c1-13-10-24(11-14(2)30-13)20-17(25(26)27)19(22-12-23-20)21-9-8-15-6-5-7-16(28-3)18(15)29-4/h5-7,12-14H,8-11H2,1-4H3,(H,21,22,23). The first-order chi connectivity index (χ1) is 14.4. The van der Waals surface area contributed by atoms with E-state index in [0.29, 0.717) is 43.4 Å². The Morgan fingerprint density at radius 2 is 1.97 bits per heavy atom. The Morgan fingerprint density at radius 1 is 1.23 bits per heavy atom. The fraction of sp³-hybridized carbons (Fsp3) is 0.500. The quantitative estimate of drug-likeness (QED) is 0.512. The Hall–Kier alpha value is -3.14. The van der Waals surface area contributed by atoms with Crippen LogP contribution in [0.1, 0.15) is 19.4 Å². The first-order valence-corrected chi connectivity index (χ1v) is 9.78. The van der Waals surface area contributed by atoms with Crippen molar-refractivity contribution in [3.05, 3.63) is 40.2 Å². The first kappa shape index (κ1) is 21.6. The highest BCUT2D eigenvalue weighted by molar-refractivity contribution is 5.70. The molecule has 0 spiro atoms. The maximum atomic E-state index is 11.9. The molecular formula is C20H27N5O5. The molecule has 1 aromatic heterocycles. The average molecular weight is 417 g/mol. The van der Waals surface area contributed by atoms with Gasteiger partial charge < -0.3 is 24.4 Å². The highest BCUT2D eigenvalue weighted by Gasteiger charge is 2.31. The topological polar surface area (TPSA) is 112 Å². The van der Waals surface area contributed by atoms with Crippen LogP contribution in [-0.2, 0) is 11.2 Å². The summed E-state index contributed by atoms with van der Waals surface area (Å²) in [6.07, 6.45) is 1.84. The second-order valence-electron chi connectivity index (χ2n) is 7.14. The lowest BCUT2D eigenvalue weighted by atomic mass is 10.1. The van der Waals surface area contributed by atoms with Gasteiger partial charge in [-0.3, -0.25) is 10.1 Å². The molecule has 1 fully saturated rings. The zero-order valence-corrected chi connectivity index (χ0v) is 17.6. The lowest BCUT2D eigenvalue weighted by molar-refractivity contribution is -0.383. The first-order valence-electron chi connectivity index (χ1n) is 9.78. The molecule has 3 rings (SSSR count). The smallest absolute Gasteiger partial charge is 0.353 e. The van der Waals surface area contributed by atoms with Gasteiger partial charge in [0.2, 0.25) is 11.6 Å². The van der Waals surface area contributed by atoms with Crippen LogP contribution in [0.25, 0.3) is 0 Å². The number of nitrogens with one attached hydrogen (secondary N) is 1. The molecule has 0 saturated carbocycles. The fourth-order valence-electron chi connectivity index (χ4n) is 3.72.